The molecule has 0 spiro atoms. The number of aliphatic hydroxyl groups is 2. The zero-order valence-electron chi connectivity index (χ0n) is 14.3. The summed E-state index contributed by atoms with van der Waals surface area (Å²) in [4.78, 5) is 11.3. The van der Waals surface area contributed by atoms with E-state index in [1.165, 1.54) is 18.0 Å². The summed E-state index contributed by atoms with van der Waals surface area (Å²) >= 11 is 0. The molecule has 0 aromatic carbocycles. The van der Waals surface area contributed by atoms with Gasteiger partial charge in [-0.25, -0.2) is 4.68 Å². The van der Waals surface area contributed by atoms with Crippen molar-refractivity contribution in [3.8, 4) is 0 Å². The van der Waals surface area contributed by atoms with E-state index in [2.05, 4.69) is 9.84 Å². The number of esters is 1. The number of carbonyl (C=O) groups excluding carboxylic acids is 1. The van der Waals surface area contributed by atoms with E-state index in [1.807, 2.05) is 0 Å². The Morgan fingerprint density at radius 1 is 1.48 bits per heavy atom. The highest BCUT2D eigenvalue weighted by Gasteiger charge is 2.56. The minimum atomic E-state index is -1.15. The predicted molar refractivity (Wildman–Crippen MR) is 83.1 cm³/mol. The van der Waals surface area contributed by atoms with Crippen LogP contribution in [0.2, 0.25) is 0 Å². The SMILES string of the molecule is COC(=O)CC(O)c1cnn([C@@H]2O[C@H](CO)[C@H]3OC(C)(C)OC23)c1N. The van der Waals surface area contributed by atoms with Crippen molar-refractivity contribution >= 4 is 11.8 Å². The van der Waals surface area contributed by atoms with E-state index in [-0.39, 0.29) is 24.4 Å². The van der Waals surface area contributed by atoms with Crippen LogP contribution in [0.15, 0.2) is 6.20 Å². The number of hydrogen-bond donors (Lipinski definition) is 3. The van der Waals surface area contributed by atoms with Crippen LogP contribution in [0.1, 0.15) is 38.2 Å². The van der Waals surface area contributed by atoms with Gasteiger partial charge >= 0.3 is 5.97 Å². The highest BCUT2D eigenvalue weighted by atomic mass is 16.8. The van der Waals surface area contributed by atoms with Gasteiger partial charge in [-0.15, -0.1) is 0 Å². The largest absolute Gasteiger partial charge is 0.469 e. The second-order valence-corrected chi connectivity index (χ2v) is 6.54. The van der Waals surface area contributed by atoms with Gasteiger partial charge in [-0.05, 0) is 13.8 Å². The molecule has 5 atom stereocenters. The molecule has 2 fully saturated rings. The Morgan fingerprint density at radius 2 is 2.16 bits per heavy atom. The molecule has 0 bridgehead atoms. The Labute approximate surface area is 144 Å². The minimum absolute atomic E-state index is 0.145. The van der Waals surface area contributed by atoms with Gasteiger partial charge in [-0.1, -0.05) is 0 Å². The van der Waals surface area contributed by atoms with Crippen LogP contribution < -0.4 is 5.73 Å². The van der Waals surface area contributed by atoms with Crippen LogP contribution in [0.3, 0.4) is 0 Å². The van der Waals surface area contributed by atoms with Crippen molar-refractivity contribution in [2.75, 3.05) is 19.5 Å². The van der Waals surface area contributed by atoms with Gasteiger partial charge in [0.2, 0.25) is 0 Å². The maximum Gasteiger partial charge on any atom is 0.308 e. The Morgan fingerprint density at radius 3 is 2.80 bits per heavy atom. The number of ether oxygens (including phenoxy) is 4. The number of methoxy groups -OCH3 is 1. The Bertz CT molecular complexity index is 647. The van der Waals surface area contributed by atoms with Gasteiger partial charge < -0.3 is 34.9 Å². The van der Waals surface area contributed by atoms with E-state index >= 15 is 0 Å². The number of carbonyl (C=O) groups is 1. The standard InChI is InChI=1S/C15H23N3O7/c1-15(2)24-11-9(6-19)23-14(12(11)25-15)18-13(16)7(5-17-18)8(20)4-10(21)22-3/h5,8-9,11-12,14,19-20H,4,6,16H2,1-3H3/t8?,9-,11-,12?,14-/m1/s1. The lowest BCUT2D eigenvalue weighted by molar-refractivity contribution is -0.201. The summed E-state index contributed by atoms with van der Waals surface area (Å²) in [5.41, 5.74) is 6.38. The first-order valence-corrected chi connectivity index (χ1v) is 7.97. The van der Waals surface area contributed by atoms with Crippen molar-refractivity contribution in [2.45, 2.75) is 56.7 Å². The summed E-state index contributed by atoms with van der Waals surface area (Å²) in [6, 6.07) is 0. The molecule has 2 saturated heterocycles. The summed E-state index contributed by atoms with van der Waals surface area (Å²) in [6.07, 6.45) is -2.29. The maximum atomic E-state index is 11.3. The first-order valence-electron chi connectivity index (χ1n) is 7.97. The molecule has 0 saturated carbocycles. The summed E-state index contributed by atoms with van der Waals surface area (Å²) < 4.78 is 23.3. The van der Waals surface area contributed by atoms with Crippen LogP contribution in [-0.2, 0) is 23.7 Å². The molecular weight excluding hydrogens is 334 g/mol. The molecule has 10 heteroatoms. The fraction of sp³-hybridized carbons (Fsp3) is 0.733. The third kappa shape index (κ3) is 3.23. The van der Waals surface area contributed by atoms with Gasteiger partial charge in [0.05, 0.1) is 32.4 Å². The number of anilines is 1. The molecule has 0 aliphatic carbocycles. The summed E-state index contributed by atoms with van der Waals surface area (Å²) in [6.45, 7) is 3.31. The molecule has 25 heavy (non-hydrogen) atoms. The van der Waals surface area contributed by atoms with Gasteiger partial charge in [0.15, 0.2) is 12.0 Å². The lowest BCUT2D eigenvalue weighted by Crippen LogP contribution is -2.31. The molecule has 1 aromatic heterocycles. The second-order valence-electron chi connectivity index (χ2n) is 6.54. The van der Waals surface area contributed by atoms with E-state index in [1.54, 1.807) is 13.8 Å². The number of aliphatic hydroxyl groups excluding tert-OH is 2. The zero-order chi connectivity index (χ0) is 18.4. The monoisotopic (exact) mass is 357 g/mol. The van der Waals surface area contributed by atoms with Crippen LogP contribution in [0.4, 0.5) is 5.82 Å². The first-order chi connectivity index (χ1) is 11.8. The van der Waals surface area contributed by atoms with E-state index in [4.69, 9.17) is 19.9 Å². The normalized spacial score (nSPS) is 31.7. The van der Waals surface area contributed by atoms with Crippen molar-refractivity contribution in [3.63, 3.8) is 0 Å². The molecule has 1 aromatic rings. The van der Waals surface area contributed by atoms with Gasteiger partial charge in [0, 0.05) is 5.56 Å². The molecular formula is C15H23N3O7. The maximum absolute atomic E-state index is 11.3. The molecule has 4 N–H and O–H groups in total. The van der Waals surface area contributed by atoms with Gasteiger partial charge in [-0.3, -0.25) is 4.79 Å². The average molecular weight is 357 g/mol. The second kappa shape index (κ2) is 6.54. The highest BCUT2D eigenvalue weighted by Crippen LogP contribution is 2.43. The van der Waals surface area contributed by atoms with Gasteiger partial charge in [0.25, 0.3) is 0 Å². The Hall–Kier alpha value is -1.72. The number of hydrogen-bond acceptors (Lipinski definition) is 9. The summed E-state index contributed by atoms with van der Waals surface area (Å²) in [5.74, 6) is -1.24. The molecule has 2 aliphatic heterocycles. The number of nitrogens with zero attached hydrogens (tertiary/aromatic N) is 2. The fourth-order valence-corrected chi connectivity index (χ4v) is 3.20. The van der Waals surface area contributed by atoms with Crippen molar-refractivity contribution in [1.82, 2.24) is 9.78 Å². The van der Waals surface area contributed by atoms with Crippen molar-refractivity contribution in [1.29, 1.82) is 0 Å². The summed E-state index contributed by atoms with van der Waals surface area (Å²) in [7, 11) is 1.24. The minimum Gasteiger partial charge on any atom is -0.469 e. The number of rotatable bonds is 5. The van der Waals surface area contributed by atoms with Crippen molar-refractivity contribution < 1.29 is 34.0 Å². The van der Waals surface area contributed by atoms with Crippen LogP contribution in [0.25, 0.3) is 0 Å². The molecule has 2 unspecified atom stereocenters. The molecule has 0 amide bonds. The third-order valence-electron chi connectivity index (χ3n) is 4.36. The zero-order valence-corrected chi connectivity index (χ0v) is 14.3. The summed E-state index contributed by atoms with van der Waals surface area (Å²) in [5, 5.41) is 23.8. The van der Waals surface area contributed by atoms with E-state index in [9.17, 15) is 15.0 Å². The van der Waals surface area contributed by atoms with E-state index < -0.39 is 42.4 Å². The molecule has 10 nitrogen and oxygen atoms in total. The van der Waals surface area contributed by atoms with Crippen LogP contribution >= 0.6 is 0 Å². The van der Waals surface area contributed by atoms with Gasteiger partial charge in [0.1, 0.15) is 24.1 Å². The quantitative estimate of drug-likeness (QED) is 0.594. The molecule has 3 heterocycles. The number of fused-ring (bicyclic) bond motifs is 1. The van der Waals surface area contributed by atoms with Gasteiger partial charge in [-0.2, -0.15) is 5.10 Å². The third-order valence-corrected chi connectivity index (χ3v) is 4.36. The molecule has 0 radical (unpaired) electrons. The molecule has 2 aliphatic rings. The lowest BCUT2D eigenvalue weighted by Gasteiger charge is -2.24. The Balaban J connectivity index is 1.84. The molecule has 140 valence electrons. The topological polar surface area (TPSA) is 138 Å². The van der Waals surface area contributed by atoms with Crippen molar-refractivity contribution in [3.05, 3.63) is 11.8 Å². The number of nitrogen functional groups attached to an aromatic ring is 1. The predicted octanol–water partition coefficient (Wildman–Crippen LogP) is -0.528. The number of aromatic nitrogens is 2. The van der Waals surface area contributed by atoms with E-state index in [0.29, 0.717) is 0 Å². The molecule has 3 rings (SSSR count). The number of nitrogens with two attached hydrogens (primary N) is 1. The van der Waals surface area contributed by atoms with Crippen LogP contribution in [0.5, 0.6) is 0 Å². The smallest absolute Gasteiger partial charge is 0.308 e. The highest BCUT2D eigenvalue weighted by molar-refractivity contribution is 5.70. The van der Waals surface area contributed by atoms with E-state index in [0.717, 1.165) is 0 Å². The average Bonchev–Trinajstić information content (AvgIpc) is 3.17. The Kier molecular flexibility index (Phi) is 4.73. The first kappa shape index (κ1) is 18.1. The lowest BCUT2D eigenvalue weighted by atomic mass is 10.1. The fourth-order valence-electron chi connectivity index (χ4n) is 3.20. The van der Waals surface area contributed by atoms with Crippen LogP contribution in [-0.4, -0.2) is 63.8 Å². The van der Waals surface area contributed by atoms with Crippen molar-refractivity contribution in [2.24, 2.45) is 0 Å². The van der Waals surface area contributed by atoms with Crippen LogP contribution in [0, 0.1) is 0 Å².